The van der Waals surface area contributed by atoms with Crippen molar-refractivity contribution in [1.29, 1.82) is 5.26 Å². The maximum atomic E-state index is 13.8. The third kappa shape index (κ3) is 2.70. The van der Waals surface area contributed by atoms with Gasteiger partial charge in [-0.3, -0.25) is 4.90 Å². The summed E-state index contributed by atoms with van der Waals surface area (Å²) in [6.45, 7) is 6.13. The largest absolute Gasteiger partial charge is 0.284 e. The van der Waals surface area contributed by atoms with Crippen LogP contribution >= 0.6 is 0 Å². The van der Waals surface area contributed by atoms with Gasteiger partial charge in [0, 0.05) is 18.7 Å². The standard InChI is InChI=1S/C15H19FN2/c1-11-7-12(2)10-18(9-11)15(8-17)13-5-3-4-6-14(13)16/h3-6,11-12,15H,7,9-10H2,1-2H3. The molecule has 0 saturated carbocycles. The van der Waals surface area contributed by atoms with E-state index in [0.717, 1.165) is 13.1 Å². The number of halogens is 1. The smallest absolute Gasteiger partial charge is 0.129 e. The van der Waals surface area contributed by atoms with E-state index in [-0.39, 0.29) is 5.82 Å². The van der Waals surface area contributed by atoms with Crippen molar-refractivity contribution in [2.24, 2.45) is 11.8 Å². The molecule has 0 aliphatic carbocycles. The van der Waals surface area contributed by atoms with E-state index in [1.54, 1.807) is 18.2 Å². The molecule has 18 heavy (non-hydrogen) atoms. The van der Waals surface area contributed by atoms with Crippen LogP contribution in [0, 0.1) is 29.0 Å². The van der Waals surface area contributed by atoms with Crippen LogP contribution in [0.25, 0.3) is 0 Å². The predicted molar refractivity (Wildman–Crippen MR) is 69.3 cm³/mol. The van der Waals surface area contributed by atoms with Gasteiger partial charge in [-0.05, 0) is 24.3 Å². The van der Waals surface area contributed by atoms with Crippen LogP contribution in [-0.4, -0.2) is 18.0 Å². The van der Waals surface area contributed by atoms with Gasteiger partial charge in [-0.2, -0.15) is 5.26 Å². The number of hydrogen-bond donors (Lipinski definition) is 0. The predicted octanol–water partition coefficient (Wildman–Crippen LogP) is 3.37. The van der Waals surface area contributed by atoms with Gasteiger partial charge >= 0.3 is 0 Å². The number of likely N-dealkylation sites (tertiary alicyclic amines) is 1. The zero-order valence-electron chi connectivity index (χ0n) is 10.9. The van der Waals surface area contributed by atoms with Gasteiger partial charge < -0.3 is 0 Å². The second kappa shape index (κ2) is 5.49. The monoisotopic (exact) mass is 246 g/mol. The molecule has 3 unspecified atom stereocenters. The van der Waals surface area contributed by atoms with E-state index < -0.39 is 6.04 Å². The van der Waals surface area contributed by atoms with Crippen molar-refractivity contribution in [2.45, 2.75) is 26.3 Å². The lowest BCUT2D eigenvalue weighted by molar-refractivity contribution is 0.116. The Morgan fingerprint density at radius 1 is 1.28 bits per heavy atom. The summed E-state index contributed by atoms with van der Waals surface area (Å²) in [6.07, 6.45) is 1.19. The molecule has 1 fully saturated rings. The molecule has 0 spiro atoms. The number of rotatable bonds is 2. The van der Waals surface area contributed by atoms with E-state index in [1.165, 1.54) is 12.5 Å². The van der Waals surface area contributed by atoms with E-state index in [9.17, 15) is 9.65 Å². The van der Waals surface area contributed by atoms with Crippen molar-refractivity contribution in [2.75, 3.05) is 13.1 Å². The van der Waals surface area contributed by atoms with Gasteiger partial charge in [-0.1, -0.05) is 32.0 Å². The van der Waals surface area contributed by atoms with Gasteiger partial charge in [0.2, 0.25) is 0 Å². The Morgan fingerprint density at radius 3 is 2.44 bits per heavy atom. The molecule has 1 aromatic rings. The summed E-state index contributed by atoms with van der Waals surface area (Å²) >= 11 is 0. The second-order valence-electron chi connectivity index (χ2n) is 5.45. The number of piperidine rings is 1. The minimum Gasteiger partial charge on any atom is -0.284 e. The maximum absolute atomic E-state index is 13.8. The molecule has 3 heteroatoms. The molecule has 1 aromatic carbocycles. The first-order valence-corrected chi connectivity index (χ1v) is 6.50. The molecular formula is C15H19FN2. The molecule has 1 saturated heterocycles. The van der Waals surface area contributed by atoms with Crippen LogP contribution < -0.4 is 0 Å². The zero-order valence-corrected chi connectivity index (χ0v) is 10.9. The average molecular weight is 246 g/mol. The van der Waals surface area contributed by atoms with Crippen LogP contribution in [0.4, 0.5) is 4.39 Å². The van der Waals surface area contributed by atoms with Crippen LogP contribution in [0.5, 0.6) is 0 Å². The van der Waals surface area contributed by atoms with Crippen molar-refractivity contribution < 1.29 is 4.39 Å². The first-order valence-electron chi connectivity index (χ1n) is 6.50. The molecule has 1 aliphatic heterocycles. The van der Waals surface area contributed by atoms with Crippen LogP contribution in [0.1, 0.15) is 31.9 Å². The molecule has 1 aliphatic rings. The Labute approximate surface area is 108 Å². The second-order valence-corrected chi connectivity index (χ2v) is 5.45. The lowest BCUT2D eigenvalue weighted by atomic mass is 9.90. The summed E-state index contributed by atoms with van der Waals surface area (Å²) in [5.74, 6) is 0.850. The summed E-state index contributed by atoms with van der Waals surface area (Å²) in [7, 11) is 0. The first-order chi connectivity index (χ1) is 8.61. The van der Waals surface area contributed by atoms with Gasteiger partial charge in [-0.15, -0.1) is 0 Å². The van der Waals surface area contributed by atoms with Crippen molar-refractivity contribution >= 4 is 0 Å². The SMILES string of the molecule is CC1CC(C)CN(C(C#N)c2ccccc2F)C1. The highest BCUT2D eigenvalue weighted by Crippen LogP contribution is 2.29. The average Bonchev–Trinajstić information content (AvgIpc) is 2.31. The fourth-order valence-corrected chi connectivity index (χ4v) is 2.97. The third-order valence-corrected chi connectivity index (χ3v) is 3.58. The Hall–Kier alpha value is -1.40. The zero-order chi connectivity index (χ0) is 13.1. The fourth-order valence-electron chi connectivity index (χ4n) is 2.97. The normalized spacial score (nSPS) is 26.6. The van der Waals surface area contributed by atoms with E-state index in [0.29, 0.717) is 17.4 Å². The quantitative estimate of drug-likeness (QED) is 0.800. The fraction of sp³-hybridized carbons (Fsp3) is 0.533. The molecule has 0 aromatic heterocycles. The number of hydrogen-bond acceptors (Lipinski definition) is 2. The van der Waals surface area contributed by atoms with Gasteiger partial charge in [0.1, 0.15) is 11.9 Å². The van der Waals surface area contributed by atoms with Crippen LogP contribution in [0.2, 0.25) is 0 Å². The lowest BCUT2D eigenvalue weighted by Gasteiger charge is -2.37. The molecule has 0 bridgehead atoms. The Morgan fingerprint density at radius 2 is 1.89 bits per heavy atom. The topological polar surface area (TPSA) is 27.0 Å². The van der Waals surface area contributed by atoms with Gasteiger partial charge in [0.05, 0.1) is 6.07 Å². The first kappa shape index (κ1) is 13.0. The van der Waals surface area contributed by atoms with Gasteiger partial charge in [0.25, 0.3) is 0 Å². The minimum absolute atomic E-state index is 0.282. The Kier molecular flexibility index (Phi) is 3.98. The van der Waals surface area contributed by atoms with E-state index in [2.05, 4.69) is 24.8 Å². The molecule has 0 amide bonds. The molecule has 96 valence electrons. The van der Waals surface area contributed by atoms with Crippen molar-refractivity contribution in [3.8, 4) is 6.07 Å². The Balaban J connectivity index is 2.24. The minimum atomic E-state index is -0.462. The van der Waals surface area contributed by atoms with Crippen LogP contribution in [0.15, 0.2) is 24.3 Å². The van der Waals surface area contributed by atoms with Crippen LogP contribution in [0.3, 0.4) is 0 Å². The van der Waals surface area contributed by atoms with E-state index in [1.807, 2.05) is 0 Å². The lowest BCUT2D eigenvalue weighted by Crippen LogP contribution is -2.40. The molecule has 2 rings (SSSR count). The van der Waals surface area contributed by atoms with Crippen molar-refractivity contribution in [3.05, 3.63) is 35.6 Å². The van der Waals surface area contributed by atoms with Crippen molar-refractivity contribution in [1.82, 2.24) is 4.90 Å². The highest BCUT2D eigenvalue weighted by Gasteiger charge is 2.29. The highest BCUT2D eigenvalue weighted by atomic mass is 19.1. The highest BCUT2D eigenvalue weighted by molar-refractivity contribution is 5.26. The van der Waals surface area contributed by atoms with Crippen LogP contribution in [-0.2, 0) is 0 Å². The number of nitriles is 1. The Bertz CT molecular complexity index is 442. The molecule has 2 nitrogen and oxygen atoms in total. The summed E-state index contributed by atoms with van der Waals surface area (Å²) < 4.78 is 13.8. The van der Waals surface area contributed by atoms with Crippen molar-refractivity contribution in [3.63, 3.8) is 0 Å². The summed E-state index contributed by atoms with van der Waals surface area (Å²) in [5.41, 5.74) is 0.501. The third-order valence-electron chi connectivity index (χ3n) is 3.58. The summed E-state index contributed by atoms with van der Waals surface area (Å²) in [4.78, 5) is 2.11. The molecule has 1 heterocycles. The molecular weight excluding hydrogens is 227 g/mol. The number of benzene rings is 1. The maximum Gasteiger partial charge on any atom is 0.129 e. The summed E-state index contributed by atoms with van der Waals surface area (Å²) in [5, 5.41) is 9.37. The summed E-state index contributed by atoms with van der Waals surface area (Å²) in [6, 6.07) is 8.39. The number of nitrogens with zero attached hydrogens (tertiary/aromatic N) is 2. The molecule has 0 radical (unpaired) electrons. The van der Waals surface area contributed by atoms with E-state index in [4.69, 9.17) is 0 Å². The van der Waals surface area contributed by atoms with Gasteiger partial charge in [0.15, 0.2) is 0 Å². The van der Waals surface area contributed by atoms with Gasteiger partial charge in [-0.25, -0.2) is 4.39 Å². The molecule has 0 N–H and O–H groups in total. The van der Waals surface area contributed by atoms with E-state index >= 15 is 0 Å². The molecule has 3 atom stereocenters.